The monoisotopic (exact) mass is 462 g/mol. The SMILES string of the molecule is COC(=O)COc1cccc(C(=O)Nc2ccc(NC(=O)c3ccoc3)cc2C(F)(F)F)c1. The van der Waals surface area contributed by atoms with Crippen molar-refractivity contribution < 1.29 is 41.4 Å². The van der Waals surface area contributed by atoms with E-state index in [0.717, 1.165) is 12.3 Å². The number of methoxy groups -OCH3 is 1. The topological polar surface area (TPSA) is 107 Å². The van der Waals surface area contributed by atoms with E-state index in [9.17, 15) is 27.6 Å². The van der Waals surface area contributed by atoms with Gasteiger partial charge in [-0.3, -0.25) is 9.59 Å². The summed E-state index contributed by atoms with van der Waals surface area (Å²) in [6.07, 6.45) is -2.41. The summed E-state index contributed by atoms with van der Waals surface area (Å²) in [6.45, 7) is -0.397. The Kier molecular flexibility index (Phi) is 7.01. The Hall–Kier alpha value is -4.28. The van der Waals surface area contributed by atoms with E-state index >= 15 is 0 Å². The Labute approximate surface area is 185 Å². The number of anilines is 2. The lowest BCUT2D eigenvalue weighted by atomic mass is 10.1. The first kappa shape index (κ1) is 23.4. The van der Waals surface area contributed by atoms with Gasteiger partial charge in [-0.15, -0.1) is 0 Å². The summed E-state index contributed by atoms with van der Waals surface area (Å²) in [5.74, 6) is -1.97. The lowest BCUT2D eigenvalue weighted by Gasteiger charge is -2.16. The van der Waals surface area contributed by atoms with E-state index in [4.69, 9.17) is 9.15 Å². The molecule has 0 unspecified atom stereocenters. The van der Waals surface area contributed by atoms with Gasteiger partial charge in [0.25, 0.3) is 11.8 Å². The Morgan fingerprint density at radius 1 is 0.970 bits per heavy atom. The van der Waals surface area contributed by atoms with Crippen LogP contribution in [0.3, 0.4) is 0 Å². The number of halogens is 3. The summed E-state index contributed by atoms with van der Waals surface area (Å²) in [6, 6.07) is 9.88. The first-order valence-electron chi connectivity index (χ1n) is 9.33. The molecule has 0 bridgehead atoms. The third-order valence-electron chi connectivity index (χ3n) is 4.29. The molecule has 0 fully saturated rings. The Balaban J connectivity index is 1.79. The largest absolute Gasteiger partial charge is 0.482 e. The molecule has 1 heterocycles. The molecule has 0 saturated carbocycles. The maximum Gasteiger partial charge on any atom is 0.418 e. The summed E-state index contributed by atoms with van der Waals surface area (Å²) in [5.41, 5.74) is -1.64. The van der Waals surface area contributed by atoms with Crippen LogP contribution in [0.15, 0.2) is 65.5 Å². The Bertz CT molecular complexity index is 1160. The van der Waals surface area contributed by atoms with Gasteiger partial charge in [0, 0.05) is 11.3 Å². The minimum Gasteiger partial charge on any atom is -0.482 e. The van der Waals surface area contributed by atoms with E-state index in [0.29, 0.717) is 6.07 Å². The van der Waals surface area contributed by atoms with Crippen LogP contribution in [0.5, 0.6) is 5.75 Å². The van der Waals surface area contributed by atoms with Crippen molar-refractivity contribution in [3.63, 3.8) is 0 Å². The maximum atomic E-state index is 13.6. The van der Waals surface area contributed by atoms with E-state index in [-0.39, 0.29) is 22.6 Å². The number of alkyl halides is 3. The molecule has 8 nitrogen and oxygen atoms in total. The molecule has 0 aliphatic heterocycles. The second-order valence-electron chi connectivity index (χ2n) is 6.57. The smallest absolute Gasteiger partial charge is 0.418 e. The predicted octanol–water partition coefficient (Wildman–Crippen LogP) is 4.35. The average Bonchev–Trinajstić information content (AvgIpc) is 3.33. The van der Waals surface area contributed by atoms with Crippen LogP contribution in [0.1, 0.15) is 26.3 Å². The Morgan fingerprint density at radius 3 is 2.39 bits per heavy atom. The van der Waals surface area contributed by atoms with Crippen molar-refractivity contribution in [1.82, 2.24) is 0 Å². The highest BCUT2D eigenvalue weighted by Gasteiger charge is 2.34. The predicted molar refractivity (Wildman–Crippen MR) is 110 cm³/mol. The number of rotatable bonds is 7. The number of ether oxygens (including phenoxy) is 2. The van der Waals surface area contributed by atoms with Gasteiger partial charge in [0.1, 0.15) is 12.0 Å². The van der Waals surface area contributed by atoms with Crippen LogP contribution < -0.4 is 15.4 Å². The zero-order valence-corrected chi connectivity index (χ0v) is 17.1. The zero-order valence-electron chi connectivity index (χ0n) is 17.1. The highest BCUT2D eigenvalue weighted by atomic mass is 19.4. The van der Waals surface area contributed by atoms with E-state index < -0.39 is 41.8 Å². The number of furan rings is 1. The second-order valence-corrected chi connectivity index (χ2v) is 6.57. The summed E-state index contributed by atoms with van der Waals surface area (Å²) in [5, 5.41) is 4.55. The number of nitrogens with one attached hydrogen (secondary N) is 2. The van der Waals surface area contributed by atoms with Crippen LogP contribution in [0, 0.1) is 0 Å². The lowest BCUT2D eigenvalue weighted by Crippen LogP contribution is -2.18. The van der Waals surface area contributed by atoms with Gasteiger partial charge in [0.05, 0.1) is 30.2 Å². The van der Waals surface area contributed by atoms with E-state index in [2.05, 4.69) is 15.4 Å². The third-order valence-corrected chi connectivity index (χ3v) is 4.29. The van der Waals surface area contributed by atoms with Crippen LogP contribution in [0.2, 0.25) is 0 Å². The van der Waals surface area contributed by atoms with Crippen molar-refractivity contribution in [2.75, 3.05) is 24.4 Å². The van der Waals surface area contributed by atoms with Crippen LogP contribution in [0.25, 0.3) is 0 Å². The number of hydrogen-bond acceptors (Lipinski definition) is 6. The van der Waals surface area contributed by atoms with Gasteiger partial charge in [-0.05, 0) is 42.5 Å². The minimum absolute atomic E-state index is 0.00262. The molecule has 0 radical (unpaired) electrons. The molecule has 2 aromatic carbocycles. The molecule has 2 amide bonds. The molecule has 2 N–H and O–H groups in total. The third kappa shape index (κ3) is 6.12. The van der Waals surface area contributed by atoms with Crippen molar-refractivity contribution in [2.24, 2.45) is 0 Å². The number of carbonyl (C=O) groups excluding carboxylic acids is 3. The van der Waals surface area contributed by atoms with Crippen molar-refractivity contribution in [3.05, 3.63) is 77.7 Å². The van der Waals surface area contributed by atoms with E-state index in [1.165, 1.54) is 49.8 Å². The van der Waals surface area contributed by atoms with Crippen molar-refractivity contribution >= 4 is 29.2 Å². The number of carbonyl (C=O) groups is 3. The first-order chi connectivity index (χ1) is 15.7. The molecular weight excluding hydrogens is 445 g/mol. The molecule has 172 valence electrons. The van der Waals surface area contributed by atoms with Gasteiger partial charge >= 0.3 is 12.1 Å². The summed E-state index contributed by atoms with van der Waals surface area (Å²) in [7, 11) is 1.18. The molecule has 11 heteroatoms. The summed E-state index contributed by atoms with van der Waals surface area (Å²) >= 11 is 0. The summed E-state index contributed by atoms with van der Waals surface area (Å²) < 4.78 is 55.3. The normalized spacial score (nSPS) is 10.9. The standard InChI is InChI=1S/C22H17F3N2O6/c1-31-19(28)12-33-16-4-2-3-13(9-16)20(29)27-18-6-5-15(10-17(18)22(23,24)25)26-21(30)14-7-8-32-11-14/h2-11H,12H2,1H3,(H,26,30)(H,27,29). The molecule has 1 aromatic heterocycles. The van der Waals surface area contributed by atoms with Crippen LogP contribution >= 0.6 is 0 Å². The van der Waals surface area contributed by atoms with E-state index in [1.807, 2.05) is 0 Å². The number of esters is 1. The molecule has 3 rings (SSSR count). The first-order valence-corrected chi connectivity index (χ1v) is 9.33. The Morgan fingerprint density at radius 2 is 1.73 bits per heavy atom. The van der Waals surface area contributed by atoms with Crippen molar-refractivity contribution in [3.8, 4) is 5.75 Å². The van der Waals surface area contributed by atoms with Gasteiger partial charge < -0.3 is 24.5 Å². The fourth-order valence-corrected chi connectivity index (χ4v) is 2.69. The highest BCUT2D eigenvalue weighted by molar-refractivity contribution is 6.06. The molecule has 33 heavy (non-hydrogen) atoms. The zero-order chi connectivity index (χ0) is 24.0. The molecule has 0 aliphatic rings. The quantitative estimate of drug-likeness (QED) is 0.506. The lowest BCUT2D eigenvalue weighted by molar-refractivity contribution is -0.143. The molecule has 3 aromatic rings. The van der Waals surface area contributed by atoms with Gasteiger partial charge in [-0.25, -0.2) is 4.79 Å². The van der Waals surface area contributed by atoms with Gasteiger partial charge in [0.2, 0.25) is 0 Å². The molecule has 0 spiro atoms. The summed E-state index contributed by atoms with van der Waals surface area (Å²) in [4.78, 5) is 35.8. The van der Waals surface area contributed by atoms with Crippen LogP contribution in [-0.4, -0.2) is 31.5 Å². The van der Waals surface area contributed by atoms with Crippen molar-refractivity contribution in [1.29, 1.82) is 0 Å². The van der Waals surface area contributed by atoms with Crippen molar-refractivity contribution in [2.45, 2.75) is 6.18 Å². The van der Waals surface area contributed by atoms with Crippen LogP contribution in [-0.2, 0) is 15.7 Å². The molecule has 0 atom stereocenters. The average molecular weight is 462 g/mol. The molecule has 0 saturated heterocycles. The van der Waals surface area contributed by atoms with Gasteiger partial charge in [0.15, 0.2) is 6.61 Å². The second kappa shape index (κ2) is 9.90. The molecular formula is C22H17F3N2O6. The minimum atomic E-state index is -4.82. The van der Waals surface area contributed by atoms with Gasteiger partial charge in [-0.2, -0.15) is 13.2 Å². The fourth-order valence-electron chi connectivity index (χ4n) is 2.69. The number of benzene rings is 2. The van der Waals surface area contributed by atoms with E-state index in [1.54, 1.807) is 0 Å². The fraction of sp³-hybridized carbons (Fsp3) is 0.136. The number of hydrogen-bond donors (Lipinski definition) is 2. The van der Waals surface area contributed by atoms with Crippen LogP contribution in [0.4, 0.5) is 24.5 Å². The maximum absolute atomic E-state index is 13.6. The number of amides is 2. The van der Waals surface area contributed by atoms with Gasteiger partial charge in [-0.1, -0.05) is 6.07 Å². The molecule has 0 aliphatic carbocycles. The highest BCUT2D eigenvalue weighted by Crippen LogP contribution is 2.37.